The van der Waals surface area contributed by atoms with Crippen molar-refractivity contribution >= 4 is 27.5 Å². The minimum Gasteiger partial charge on any atom is -0.480 e. The van der Waals surface area contributed by atoms with Crippen LogP contribution >= 0.6 is 15.9 Å². The highest BCUT2D eigenvalue weighted by atomic mass is 79.9. The van der Waals surface area contributed by atoms with Gasteiger partial charge in [-0.3, -0.25) is 4.79 Å². The van der Waals surface area contributed by atoms with Gasteiger partial charge in [0.15, 0.2) is 6.10 Å². The average Bonchev–Trinajstić information content (AvgIpc) is 2.34. The van der Waals surface area contributed by atoms with Crippen LogP contribution in [0.4, 0.5) is 5.69 Å². The Labute approximate surface area is 115 Å². The summed E-state index contributed by atoms with van der Waals surface area (Å²) in [6.07, 6.45) is -0.597. The van der Waals surface area contributed by atoms with E-state index in [0.717, 1.165) is 4.47 Å². The van der Waals surface area contributed by atoms with Gasteiger partial charge in [-0.05, 0) is 35.0 Å². The Balaban J connectivity index is 2.55. The van der Waals surface area contributed by atoms with Crippen molar-refractivity contribution in [2.45, 2.75) is 13.0 Å². The molecule has 0 bridgehead atoms. The molecule has 0 saturated heterocycles. The lowest BCUT2D eigenvalue weighted by molar-refractivity contribution is -0.127. The largest absolute Gasteiger partial charge is 0.480 e. The number of nitrogens with two attached hydrogens (primary N) is 1. The number of ether oxygens (including phenoxy) is 2. The Morgan fingerprint density at radius 2 is 2.28 bits per heavy atom. The van der Waals surface area contributed by atoms with Gasteiger partial charge in [-0.15, -0.1) is 0 Å². The Morgan fingerprint density at radius 3 is 2.94 bits per heavy atom. The van der Waals surface area contributed by atoms with E-state index in [4.69, 9.17) is 15.2 Å². The number of anilines is 1. The summed E-state index contributed by atoms with van der Waals surface area (Å²) in [5.74, 6) is 0.353. The fourth-order valence-electron chi connectivity index (χ4n) is 1.27. The van der Waals surface area contributed by atoms with Gasteiger partial charge in [-0.1, -0.05) is 0 Å². The minimum atomic E-state index is -0.597. The number of carbonyl (C=O) groups excluding carboxylic acids is 1. The number of benzene rings is 1. The summed E-state index contributed by atoms with van der Waals surface area (Å²) >= 11 is 3.34. The molecular formula is C12H17BrN2O3. The summed E-state index contributed by atoms with van der Waals surface area (Å²) in [5, 5.41) is 2.70. The second-order valence-corrected chi connectivity index (χ2v) is 4.59. The Bertz CT molecular complexity index is 412. The molecule has 0 heterocycles. The number of carbonyl (C=O) groups is 1. The van der Waals surface area contributed by atoms with Crippen LogP contribution in [0.2, 0.25) is 0 Å². The summed E-state index contributed by atoms with van der Waals surface area (Å²) in [4.78, 5) is 11.7. The fraction of sp³-hybridized carbons (Fsp3) is 0.417. The molecule has 6 heteroatoms. The van der Waals surface area contributed by atoms with Gasteiger partial charge in [0.1, 0.15) is 5.75 Å². The zero-order chi connectivity index (χ0) is 13.5. The van der Waals surface area contributed by atoms with Gasteiger partial charge >= 0.3 is 0 Å². The molecule has 18 heavy (non-hydrogen) atoms. The number of hydrogen-bond donors (Lipinski definition) is 2. The van der Waals surface area contributed by atoms with E-state index in [1.807, 2.05) is 0 Å². The van der Waals surface area contributed by atoms with Gasteiger partial charge in [0, 0.05) is 25.4 Å². The standard InChI is InChI=1S/C12H17BrN2O3/c1-8(12(16)15-5-6-17-2)18-11-7-9(14)3-4-10(11)13/h3-4,7-8H,5-6,14H2,1-2H3,(H,15,16). The van der Waals surface area contributed by atoms with Crippen molar-refractivity contribution < 1.29 is 14.3 Å². The molecule has 0 saturated carbocycles. The number of rotatable bonds is 6. The Hall–Kier alpha value is -1.27. The third-order valence-electron chi connectivity index (χ3n) is 2.23. The second kappa shape index (κ2) is 7.23. The van der Waals surface area contributed by atoms with Crippen LogP contribution < -0.4 is 15.8 Å². The van der Waals surface area contributed by atoms with Crippen LogP contribution in [0.1, 0.15) is 6.92 Å². The molecule has 1 unspecified atom stereocenters. The molecule has 0 aliphatic rings. The lowest BCUT2D eigenvalue weighted by atomic mass is 10.3. The summed E-state index contributed by atoms with van der Waals surface area (Å²) in [5.41, 5.74) is 6.24. The fourth-order valence-corrected chi connectivity index (χ4v) is 1.61. The van der Waals surface area contributed by atoms with E-state index in [1.54, 1.807) is 32.2 Å². The highest BCUT2D eigenvalue weighted by molar-refractivity contribution is 9.10. The van der Waals surface area contributed by atoms with E-state index >= 15 is 0 Å². The molecular weight excluding hydrogens is 300 g/mol. The van der Waals surface area contributed by atoms with Gasteiger partial charge in [-0.25, -0.2) is 0 Å². The van der Waals surface area contributed by atoms with E-state index in [0.29, 0.717) is 24.6 Å². The lowest BCUT2D eigenvalue weighted by Crippen LogP contribution is -2.38. The average molecular weight is 317 g/mol. The molecule has 1 rings (SSSR count). The second-order valence-electron chi connectivity index (χ2n) is 3.73. The minimum absolute atomic E-state index is 0.193. The van der Waals surface area contributed by atoms with E-state index in [2.05, 4.69) is 21.2 Å². The van der Waals surface area contributed by atoms with Crippen molar-refractivity contribution in [3.63, 3.8) is 0 Å². The van der Waals surface area contributed by atoms with Crippen molar-refractivity contribution in [2.24, 2.45) is 0 Å². The number of methoxy groups -OCH3 is 1. The topological polar surface area (TPSA) is 73.6 Å². The van der Waals surface area contributed by atoms with Crippen molar-refractivity contribution in [3.8, 4) is 5.75 Å². The number of nitrogens with one attached hydrogen (secondary N) is 1. The quantitative estimate of drug-likeness (QED) is 0.617. The van der Waals surface area contributed by atoms with Gasteiger partial charge in [0.2, 0.25) is 0 Å². The highest BCUT2D eigenvalue weighted by Crippen LogP contribution is 2.27. The van der Waals surface area contributed by atoms with E-state index < -0.39 is 6.10 Å². The molecule has 100 valence electrons. The summed E-state index contributed by atoms with van der Waals surface area (Å²) < 4.78 is 11.1. The van der Waals surface area contributed by atoms with Gasteiger partial charge in [-0.2, -0.15) is 0 Å². The summed E-state index contributed by atoms with van der Waals surface area (Å²) in [6, 6.07) is 5.20. The molecule has 5 nitrogen and oxygen atoms in total. The van der Waals surface area contributed by atoms with Gasteiger partial charge < -0.3 is 20.5 Å². The van der Waals surface area contributed by atoms with Crippen LogP contribution in [0.5, 0.6) is 5.75 Å². The molecule has 0 aliphatic carbocycles. The molecule has 3 N–H and O–H groups in total. The Kier molecular flexibility index (Phi) is 5.94. The molecule has 1 amide bonds. The first-order valence-corrected chi connectivity index (χ1v) is 6.32. The molecule has 1 aromatic rings. The van der Waals surface area contributed by atoms with E-state index in [1.165, 1.54) is 0 Å². The SMILES string of the molecule is COCCNC(=O)C(C)Oc1cc(N)ccc1Br. The van der Waals surface area contributed by atoms with E-state index in [-0.39, 0.29) is 5.91 Å². The van der Waals surface area contributed by atoms with Crippen molar-refractivity contribution in [2.75, 3.05) is 26.0 Å². The number of halogens is 1. The maximum atomic E-state index is 11.7. The molecule has 0 aromatic heterocycles. The third-order valence-corrected chi connectivity index (χ3v) is 2.89. The predicted molar refractivity (Wildman–Crippen MR) is 73.5 cm³/mol. The zero-order valence-electron chi connectivity index (χ0n) is 10.4. The summed E-state index contributed by atoms with van der Waals surface area (Å²) in [6.45, 7) is 2.61. The maximum absolute atomic E-state index is 11.7. The van der Waals surface area contributed by atoms with Crippen molar-refractivity contribution in [1.82, 2.24) is 5.32 Å². The molecule has 1 atom stereocenters. The third kappa shape index (κ3) is 4.54. The van der Waals surface area contributed by atoms with Crippen molar-refractivity contribution in [1.29, 1.82) is 0 Å². The molecule has 0 aliphatic heterocycles. The van der Waals surface area contributed by atoms with Crippen LogP contribution in [0.25, 0.3) is 0 Å². The molecule has 0 radical (unpaired) electrons. The van der Waals surface area contributed by atoms with Crippen molar-refractivity contribution in [3.05, 3.63) is 22.7 Å². The van der Waals surface area contributed by atoms with E-state index in [9.17, 15) is 4.79 Å². The zero-order valence-corrected chi connectivity index (χ0v) is 12.0. The molecule has 0 fully saturated rings. The first-order chi connectivity index (χ1) is 8.54. The van der Waals surface area contributed by atoms with Crippen LogP contribution in [0.15, 0.2) is 22.7 Å². The highest BCUT2D eigenvalue weighted by Gasteiger charge is 2.15. The van der Waals surface area contributed by atoms with Crippen LogP contribution in [-0.4, -0.2) is 32.3 Å². The number of hydrogen-bond acceptors (Lipinski definition) is 4. The smallest absolute Gasteiger partial charge is 0.260 e. The normalized spacial score (nSPS) is 11.9. The number of amides is 1. The molecule has 1 aromatic carbocycles. The number of nitrogen functional groups attached to an aromatic ring is 1. The van der Waals surface area contributed by atoms with Gasteiger partial charge in [0.05, 0.1) is 11.1 Å². The van der Waals surface area contributed by atoms with Crippen LogP contribution in [-0.2, 0) is 9.53 Å². The summed E-state index contributed by atoms with van der Waals surface area (Å²) in [7, 11) is 1.58. The monoisotopic (exact) mass is 316 g/mol. The first kappa shape index (κ1) is 14.8. The van der Waals surface area contributed by atoms with Gasteiger partial charge in [0.25, 0.3) is 5.91 Å². The predicted octanol–water partition coefficient (Wildman–Crippen LogP) is 1.56. The Morgan fingerprint density at radius 1 is 1.56 bits per heavy atom. The van der Waals surface area contributed by atoms with Crippen LogP contribution in [0.3, 0.4) is 0 Å². The first-order valence-electron chi connectivity index (χ1n) is 5.53. The lowest BCUT2D eigenvalue weighted by Gasteiger charge is -2.16. The van der Waals surface area contributed by atoms with Crippen LogP contribution in [0, 0.1) is 0 Å². The molecule has 0 spiro atoms. The maximum Gasteiger partial charge on any atom is 0.260 e.